The molecule has 0 atom stereocenters. The van der Waals surface area contributed by atoms with Crippen molar-refractivity contribution in [2.24, 2.45) is 4.99 Å². The van der Waals surface area contributed by atoms with Crippen LogP contribution in [0.4, 0.5) is 0 Å². The molecule has 1 amide bonds. The maximum absolute atomic E-state index is 12.4. The summed E-state index contributed by atoms with van der Waals surface area (Å²) in [6.45, 7) is 5.47. The predicted molar refractivity (Wildman–Crippen MR) is 114 cm³/mol. The Morgan fingerprint density at radius 3 is 2.74 bits per heavy atom. The van der Waals surface area contributed by atoms with Crippen LogP contribution in [0.3, 0.4) is 0 Å². The summed E-state index contributed by atoms with van der Waals surface area (Å²) in [6.07, 6.45) is 0.427. The number of fused-ring (bicyclic) bond motifs is 1. The van der Waals surface area contributed by atoms with Gasteiger partial charge in [-0.15, -0.1) is 11.8 Å². The average Bonchev–Trinajstić information content (AvgIpc) is 2.98. The summed E-state index contributed by atoms with van der Waals surface area (Å²) in [5.74, 6) is 0.651. The predicted octanol–water partition coefficient (Wildman–Crippen LogP) is 4.58. The number of aryl methyl sites for hydroxylation is 2. The van der Waals surface area contributed by atoms with Gasteiger partial charge >= 0.3 is 0 Å². The fraction of sp³-hybridized carbons (Fsp3) is 0.333. The van der Waals surface area contributed by atoms with E-state index >= 15 is 0 Å². The first-order valence-corrected chi connectivity index (χ1v) is 10.7. The van der Waals surface area contributed by atoms with E-state index in [4.69, 9.17) is 4.74 Å². The molecule has 1 heterocycles. The van der Waals surface area contributed by atoms with Gasteiger partial charge in [0.1, 0.15) is 0 Å². The Labute approximate surface area is 167 Å². The topological polar surface area (TPSA) is 43.6 Å². The Hall–Kier alpha value is -1.89. The molecule has 0 radical (unpaired) electrons. The lowest BCUT2D eigenvalue weighted by atomic mass is 10.1. The quantitative estimate of drug-likeness (QED) is 0.546. The summed E-state index contributed by atoms with van der Waals surface area (Å²) in [4.78, 5) is 18.8. The number of benzene rings is 2. The van der Waals surface area contributed by atoms with Crippen molar-refractivity contribution in [3.05, 3.63) is 58.4 Å². The molecule has 2 aromatic carbocycles. The van der Waals surface area contributed by atoms with Crippen LogP contribution in [0.2, 0.25) is 0 Å². The van der Waals surface area contributed by atoms with Crippen LogP contribution in [0, 0.1) is 13.8 Å². The molecule has 6 heteroatoms. The first-order chi connectivity index (χ1) is 13.1. The Morgan fingerprint density at radius 2 is 2.00 bits per heavy atom. The minimum Gasteiger partial charge on any atom is -0.383 e. The maximum atomic E-state index is 12.4. The number of nitrogens with zero attached hydrogens (tertiary/aromatic N) is 2. The lowest BCUT2D eigenvalue weighted by molar-refractivity contribution is -0.117. The highest BCUT2D eigenvalue weighted by Gasteiger charge is 2.10. The fourth-order valence-electron chi connectivity index (χ4n) is 2.93. The lowest BCUT2D eigenvalue weighted by Gasteiger charge is -2.06. The largest absolute Gasteiger partial charge is 0.383 e. The molecule has 27 heavy (non-hydrogen) atoms. The Balaban J connectivity index is 1.83. The van der Waals surface area contributed by atoms with Gasteiger partial charge in [0.05, 0.1) is 16.8 Å². The summed E-state index contributed by atoms with van der Waals surface area (Å²) < 4.78 is 8.54. The van der Waals surface area contributed by atoms with Crippen molar-refractivity contribution in [1.29, 1.82) is 0 Å². The molecular formula is C21H24N2O2S2. The standard InChI is InChI=1S/C21H24N2O2S2/c1-15-13-16(2)20-18(14-15)23(10-11-25-3)21(27-20)22-19(24)9-12-26-17-7-5-4-6-8-17/h4-8,13-14H,9-12H2,1-3H3. The number of methoxy groups -OCH3 is 1. The third kappa shape index (κ3) is 5.09. The number of carbonyl (C=O) groups excluding carboxylic acids is 1. The van der Waals surface area contributed by atoms with Crippen molar-refractivity contribution < 1.29 is 9.53 Å². The minimum atomic E-state index is -0.0782. The molecule has 0 aliphatic rings. The molecule has 0 aliphatic carbocycles. The molecule has 0 bridgehead atoms. The number of aromatic nitrogens is 1. The lowest BCUT2D eigenvalue weighted by Crippen LogP contribution is -2.19. The number of ether oxygens (including phenoxy) is 1. The highest BCUT2D eigenvalue weighted by molar-refractivity contribution is 7.99. The second-order valence-corrected chi connectivity index (χ2v) is 8.52. The van der Waals surface area contributed by atoms with Gasteiger partial charge in [-0.2, -0.15) is 4.99 Å². The zero-order chi connectivity index (χ0) is 19.2. The number of thiazole rings is 1. The first kappa shape index (κ1) is 19.9. The van der Waals surface area contributed by atoms with Crippen LogP contribution in [0.5, 0.6) is 0 Å². The average molecular weight is 401 g/mol. The van der Waals surface area contributed by atoms with Crippen molar-refractivity contribution >= 4 is 39.2 Å². The molecule has 0 spiro atoms. The number of rotatable bonds is 7. The van der Waals surface area contributed by atoms with Gasteiger partial charge in [0.15, 0.2) is 4.80 Å². The van der Waals surface area contributed by atoms with Gasteiger partial charge in [0.25, 0.3) is 0 Å². The number of hydrogen-bond donors (Lipinski definition) is 0. The van der Waals surface area contributed by atoms with Crippen LogP contribution in [-0.2, 0) is 16.1 Å². The number of amides is 1. The van der Waals surface area contributed by atoms with Gasteiger partial charge in [-0.05, 0) is 43.2 Å². The molecule has 0 saturated carbocycles. The molecule has 4 nitrogen and oxygen atoms in total. The van der Waals surface area contributed by atoms with Gasteiger partial charge in [0.2, 0.25) is 5.91 Å². The summed E-state index contributed by atoms with van der Waals surface area (Å²) in [5, 5.41) is 0. The van der Waals surface area contributed by atoms with Crippen molar-refractivity contribution in [3.8, 4) is 0 Å². The third-order valence-corrected chi connectivity index (χ3v) is 6.42. The second-order valence-electron chi connectivity index (χ2n) is 6.38. The molecular weight excluding hydrogens is 376 g/mol. The molecule has 0 aliphatic heterocycles. The van der Waals surface area contributed by atoms with Crippen LogP contribution < -0.4 is 4.80 Å². The van der Waals surface area contributed by atoms with Gasteiger partial charge in [-0.3, -0.25) is 4.79 Å². The molecule has 3 aromatic rings. The van der Waals surface area contributed by atoms with Crippen LogP contribution >= 0.6 is 23.1 Å². The monoisotopic (exact) mass is 400 g/mol. The summed E-state index contributed by atoms with van der Waals surface area (Å²) in [6, 6.07) is 14.5. The normalized spacial score (nSPS) is 12.0. The second kappa shape index (κ2) is 9.35. The van der Waals surface area contributed by atoms with Crippen LogP contribution in [0.15, 0.2) is 52.4 Å². The van der Waals surface area contributed by atoms with E-state index in [0.29, 0.717) is 19.6 Å². The molecule has 3 rings (SSSR count). The van der Waals surface area contributed by atoms with Gasteiger partial charge in [-0.1, -0.05) is 35.6 Å². The van der Waals surface area contributed by atoms with E-state index in [0.717, 1.165) is 16.1 Å². The smallest absolute Gasteiger partial charge is 0.249 e. The first-order valence-electron chi connectivity index (χ1n) is 8.93. The van der Waals surface area contributed by atoms with Crippen molar-refractivity contribution in [2.75, 3.05) is 19.5 Å². The highest BCUT2D eigenvalue weighted by Crippen LogP contribution is 2.23. The molecule has 0 unspecified atom stereocenters. The molecule has 1 aromatic heterocycles. The molecule has 0 saturated heterocycles. The highest BCUT2D eigenvalue weighted by atomic mass is 32.2. The maximum Gasteiger partial charge on any atom is 0.249 e. The molecule has 0 N–H and O–H groups in total. The van der Waals surface area contributed by atoms with E-state index < -0.39 is 0 Å². The van der Waals surface area contributed by atoms with Crippen LogP contribution in [0.25, 0.3) is 10.2 Å². The van der Waals surface area contributed by atoms with E-state index in [1.165, 1.54) is 20.7 Å². The number of hydrogen-bond acceptors (Lipinski definition) is 4. The summed E-state index contributed by atoms with van der Waals surface area (Å²) in [5.41, 5.74) is 3.55. The Morgan fingerprint density at radius 1 is 1.22 bits per heavy atom. The van der Waals surface area contributed by atoms with Gasteiger partial charge < -0.3 is 9.30 Å². The Bertz CT molecular complexity index is 991. The number of thioether (sulfide) groups is 1. The summed E-state index contributed by atoms with van der Waals surface area (Å²) in [7, 11) is 1.69. The summed E-state index contributed by atoms with van der Waals surface area (Å²) >= 11 is 3.26. The Kier molecular flexibility index (Phi) is 6.88. The SMILES string of the molecule is COCCn1c(=NC(=O)CCSc2ccccc2)sc2c(C)cc(C)cc21. The molecule has 0 fully saturated rings. The van der Waals surface area contributed by atoms with Crippen LogP contribution in [0.1, 0.15) is 17.5 Å². The van der Waals surface area contributed by atoms with Crippen molar-refractivity contribution in [1.82, 2.24) is 4.57 Å². The van der Waals surface area contributed by atoms with Crippen molar-refractivity contribution in [2.45, 2.75) is 31.7 Å². The van der Waals surface area contributed by atoms with E-state index in [1.54, 1.807) is 30.2 Å². The number of carbonyl (C=O) groups is 1. The molecule has 142 valence electrons. The van der Waals surface area contributed by atoms with Crippen molar-refractivity contribution in [3.63, 3.8) is 0 Å². The van der Waals surface area contributed by atoms with E-state index in [1.807, 2.05) is 18.2 Å². The van der Waals surface area contributed by atoms with E-state index in [-0.39, 0.29) is 5.91 Å². The zero-order valence-electron chi connectivity index (χ0n) is 15.9. The minimum absolute atomic E-state index is 0.0782. The van der Waals surface area contributed by atoms with E-state index in [2.05, 4.69) is 47.7 Å². The zero-order valence-corrected chi connectivity index (χ0v) is 17.5. The fourth-order valence-corrected chi connectivity index (χ4v) is 4.92. The van der Waals surface area contributed by atoms with Gasteiger partial charge in [0, 0.05) is 30.7 Å². The third-order valence-electron chi connectivity index (χ3n) is 4.18. The van der Waals surface area contributed by atoms with Crippen LogP contribution in [-0.4, -0.2) is 29.9 Å². The van der Waals surface area contributed by atoms with E-state index in [9.17, 15) is 4.79 Å². The van der Waals surface area contributed by atoms with Gasteiger partial charge in [-0.25, -0.2) is 0 Å².